The van der Waals surface area contributed by atoms with E-state index in [2.05, 4.69) is 27.7 Å². The third-order valence-electron chi connectivity index (χ3n) is 2.69. The summed E-state index contributed by atoms with van der Waals surface area (Å²) in [7, 11) is 0. The molecule has 74 valence electrons. The monoisotopic (exact) mass is 171 g/mol. The number of rotatable bonds is 6. The van der Waals surface area contributed by atoms with Crippen LogP contribution < -0.4 is 5.73 Å². The van der Waals surface area contributed by atoms with Crippen LogP contribution in [0.15, 0.2) is 0 Å². The smallest absolute Gasteiger partial charge is 0.00877 e. The van der Waals surface area contributed by atoms with Crippen molar-refractivity contribution in [1.82, 2.24) is 0 Å². The van der Waals surface area contributed by atoms with E-state index < -0.39 is 0 Å². The zero-order valence-electron chi connectivity index (χ0n) is 9.14. The second-order valence-corrected chi connectivity index (χ2v) is 4.29. The van der Waals surface area contributed by atoms with Crippen LogP contribution in [0, 0.1) is 11.8 Å². The van der Waals surface area contributed by atoms with Gasteiger partial charge >= 0.3 is 0 Å². The summed E-state index contributed by atoms with van der Waals surface area (Å²) in [6.45, 7) is 8.94. The normalized spacial score (nSPS) is 16.5. The minimum absolute atomic E-state index is 0.391. The van der Waals surface area contributed by atoms with Crippen LogP contribution in [-0.4, -0.2) is 6.04 Å². The van der Waals surface area contributed by atoms with E-state index in [1.165, 1.54) is 25.7 Å². The topological polar surface area (TPSA) is 26.0 Å². The first-order chi connectivity index (χ1) is 5.59. The van der Waals surface area contributed by atoms with E-state index in [0.717, 1.165) is 0 Å². The van der Waals surface area contributed by atoms with Crippen molar-refractivity contribution >= 4 is 0 Å². The van der Waals surface area contributed by atoms with Crippen molar-refractivity contribution < 1.29 is 0 Å². The van der Waals surface area contributed by atoms with E-state index in [4.69, 9.17) is 5.73 Å². The summed E-state index contributed by atoms with van der Waals surface area (Å²) in [5.41, 5.74) is 6.04. The molecule has 0 saturated heterocycles. The average Bonchev–Trinajstić information content (AvgIpc) is 2.03. The number of unbranched alkanes of at least 4 members (excludes halogenated alkanes) is 2. The number of hydrogen-bond donors (Lipinski definition) is 1. The van der Waals surface area contributed by atoms with Gasteiger partial charge in [0.15, 0.2) is 0 Å². The van der Waals surface area contributed by atoms with Gasteiger partial charge in [-0.2, -0.15) is 0 Å². The second kappa shape index (κ2) is 6.47. The van der Waals surface area contributed by atoms with Gasteiger partial charge in [-0.1, -0.05) is 47.0 Å². The fraction of sp³-hybridized carbons (Fsp3) is 1.00. The first-order valence-corrected chi connectivity index (χ1v) is 5.35. The lowest BCUT2D eigenvalue weighted by molar-refractivity contribution is 0.337. The van der Waals surface area contributed by atoms with Gasteiger partial charge in [-0.15, -0.1) is 0 Å². The summed E-state index contributed by atoms with van der Waals surface area (Å²) >= 11 is 0. The Morgan fingerprint density at radius 1 is 1.08 bits per heavy atom. The molecule has 0 aliphatic heterocycles. The van der Waals surface area contributed by atoms with Crippen LogP contribution in [0.4, 0.5) is 0 Å². The third-order valence-corrected chi connectivity index (χ3v) is 2.69. The molecule has 2 unspecified atom stereocenters. The summed E-state index contributed by atoms with van der Waals surface area (Å²) in [5, 5.41) is 0. The van der Waals surface area contributed by atoms with Crippen molar-refractivity contribution in [3.8, 4) is 0 Å². The highest BCUT2D eigenvalue weighted by molar-refractivity contribution is 4.71. The minimum atomic E-state index is 0.391. The Morgan fingerprint density at radius 2 is 1.67 bits per heavy atom. The molecule has 2 N–H and O–H groups in total. The quantitative estimate of drug-likeness (QED) is 0.610. The molecular formula is C11H25N. The third kappa shape index (κ3) is 4.76. The molecule has 0 spiro atoms. The standard InChI is InChI=1S/C11H25N/c1-5-6-7-8-10(4)11(12)9(2)3/h9-11H,5-8,12H2,1-4H3. The van der Waals surface area contributed by atoms with Gasteiger partial charge in [0.2, 0.25) is 0 Å². The van der Waals surface area contributed by atoms with Gasteiger partial charge in [-0.3, -0.25) is 0 Å². The van der Waals surface area contributed by atoms with Crippen LogP contribution in [-0.2, 0) is 0 Å². The minimum Gasteiger partial charge on any atom is -0.327 e. The molecule has 2 atom stereocenters. The van der Waals surface area contributed by atoms with Crippen LogP contribution >= 0.6 is 0 Å². The maximum Gasteiger partial charge on any atom is 0.00877 e. The fourth-order valence-electron chi connectivity index (χ4n) is 1.57. The highest BCUT2D eigenvalue weighted by atomic mass is 14.7. The summed E-state index contributed by atoms with van der Waals surface area (Å²) < 4.78 is 0. The van der Waals surface area contributed by atoms with Crippen molar-refractivity contribution in [2.24, 2.45) is 17.6 Å². The molecule has 0 bridgehead atoms. The van der Waals surface area contributed by atoms with Crippen molar-refractivity contribution in [2.45, 2.75) is 59.4 Å². The zero-order valence-corrected chi connectivity index (χ0v) is 9.14. The molecular weight excluding hydrogens is 146 g/mol. The Balaban J connectivity index is 3.49. The molecule has 0 aromatic carbocycles. The van der Waals surface area contributed by atoms with E-state index >= 15 is 0 Å². The highest BCUT2D eigenvalue weighted by Gasteiger charge is 2.15. The van der Waals surface area contributed by atoms with Gasteiger partial charge in [0.25, 0.3) is 0 Å². The summed E-state index contributed by atoms with van der Waals surface area (Å²) in [4.78, 5) is 0. The van der Waals surface area contributed by atoms with Crippen molar-refractivity contribution in [3.63, 3.8) is 0 Å². The molecule has 0 radical (unpaired) electrons. The summed E-state index contributed by atoms with van der Waals surface area (Å²) in [5.74, 6) is 1.32. The van der Waals surface area contributed by atoms with E-state index in [-0.39, 0.29) is 0 Å². The zero-order chi connectivity index (χ0) is 9.56. The maximum atomic E-state index is 6.04. The summed E-state index contributed by atoms with van der Waals surface area (Å²) in [6, 6.07) is 0.391. The summed E-state index contributed by atoms with van der Waals surface area (Å²) in [6.07, 6.45) is 5.31. The molecule has 1 heteroatoms. The molecule has 12 heavy (non-hydrogen) atoms. The van der Waals surface area contributed by atoms with Gasteiger partial charge in [-0.25, -0.2) is 0 Å². The van der Waals surface area contributed by atoms with Crippen LogP contribution in [0.1, 0.15) is 53.4 Å². The van der Waals surface area contributed by atoms with E-state index in [1.807, 2.05) is 0 Å². The first kappa shape index (κ1) is 12.0. The van der Waals surface area contributed by atoms with Crippen molar-refractivity contribution in [3.05, 3.63) is 0 Å². The van der Waals surface area contributed by atoms with E-state index in [1.54, 1.807) is 0 Å². The van der Waals surface area contributed by atoms with Gasteiger partial charge < -0.3 is 5.73 Å². The number of nitrogens with two attached hydrogens (primary N) is 1. The Bertz CT molecular complexity index is 99.2. The molecule has 0 saturated carbocycles. The van der Waals surface area contributed by atoms with Crippen LogP contribution in [0.5, 0.6) is 0 Å². The Labute approximate surface area is 77.7 Å². The molecule has 0 heterocycles. The lowest BCUT2D eigenvalue weighted by Crippen LogP contribution is -2.33. The van der Waals surface area contributed by atoms with Crippen LogP contribution in [0.2, 0.25) is 0 Å². The second-order valence-electron chi connectivity index (χ2n) is 4.29. The fourth-order valence-corrected chi connectivity index (χ4v) is 1.57. The molecule has 0 aliphatic carbocycles. The van der Waals surface area contributed by atoms with Gasteiger partial charge in [-0.05, 0) is 18.3 Å². The van der Waals surface area contributed by atoms with E-state index in [9.17, 15) is 0 Å². The average molecular weight is 171 g/mol. The predicted octanol–water partition coefficient (Wildman–Crippen LogP) is 3.19. The molecule has 0 aliphatic rings. The Morgan fingerprint density at radius 3 is 2.08 bits per heavy atom. The van der Waals surface area contributed by atoms with Crippen molar-refractivity contribution in [2.75, 3.05) is 0 Å². The maximum absolute atomic E-state index is 6.04. The molecule has 0 amide bonds. The van der Waals surface area contributed by atoms with Gasteiger partial charge in [0.05, 0.1) is 0 Å². The van der Waals surface area contributed by atoms with E-state index in [0.29, 0.717) is 17.9 Å². The van der Waals surface area contributed by atoms with Crippen LogP contribution in [0.25, 0.3) is 0 Å². The van der Waals surface area contributed by atoms with Gasteiger partial charge in [0.1, 0.15) is 0 Å². The largest absolute Gasteiger partial charge is 0.327 e. The van der Waals surface area contributed by atoms with Gasteiger partial charge in [0, 0.05) is 6.04 Å². The molecule has 1 nitrogen and oxygen atoms in total. The lowest BCUT2D eigenvalue weighted by Gasteiger charge is -2.23. The number of hydrogen-bond acceptors (Lipinski definition) is 1. The predicted molar refractivity (Wildman–Crippen MR) is 56.1 cm³/mol. The molecule has 0 rings (SSSR count). The highest BCUT2D eigenvalue weighted by Crippen LogP contribution is 2.16. The Hall–Kier alpha value is -0.0400. The molecule has 0 aromatic heterocycles. The molecule has 0 aromatic rings. The van der Waals surface area contributed by atoms with Crippen LogP contribution in [0.3, 0.4) is 0 Å². The van der Waals surface area contributed by atoms with Crippen molar-refractivity contribution in [1.29, 1.82) is 0 Å². The lowest BCUT2D eigenvalue weighted by atomic mass is 9.89. The first-order valence-electron chi connectivity index (χ1n) is 5.35. The Kier molecular flexibility index (Phi) is 6.45. The molecule has 0 fully saturated rings. The SMILES string of the molecule is CCCCCC(C)C(N)C(C)C.